The summed E-state index contributed by atoms with van der Waals surface area (Å²) < 4.78 is 5.37. The van der Waals surface area contributed by atoms with Gasteiger partial charge in [0.05, 0.1) is 13.2 Å². The first-order valence-corrected chi connectivity index (χ1v) is 9.11. The highest BCUT2D eigenvalue weighted by molar-refractivity contribution is 7.99. The van der Waals surface area contributed by atoms with Gasteiger partial charge in [0.1, 0.15) is 0 Å². The first-order chi connectivity index (χ1) is 12.1. The average molecular weight is 358 g/mol. The van der Waals surface area contributed by atoms with E-state index in [0.717, 1.165) is 33.7 Å². The zero-order chi connectivity index (χ0) is 17.6. The molecule has 1 aromatic heterocycles. The number of carbonyl (C=O) groups excluding carboxylic acids is 1. The molecular weight excluding hydrogens is 336 g/mol. The van der Waals surface area contributed by atoms with E-state index in [1.165, 1.54) is 11.8 Å². The number of benzene rings is 1. The fraction of sp³-hybridized carbons (Fsp3) is 0.389. The second-order valence-electron chi connectivity index (χ2n) is 6.04. The molecule has 2 N–H and O–H groups in total. The molecule has 0 spiro atoms. The van der Waals surface area contributed by atoms with Crippen molar-refractivity contribution in [2.75, 3.05) is 25.1 Å². The molecule has 1 fully saturated rings. The number of rotatable bonds is 5. The van der Waals surface area contributed by atoms with Crippen molar-refractivity contribution < 1.29 is 9.53 Å². The van der Waals surface area contributed by atoms with E-state index in [2.05, 4.69) is 20.6 Å². The number of carbonyl (C=O) groups is 1. The molecule has 1 unspecified atom stereocenters. The number of hydrogen-bond acceptors (Lipinski definition) is 6. The van der Waals surface area contributed by atoms with Gasteiger partial charge in [-0.3, -0.25) is 4.79 Å². The van der Waals surface area contributed by atoms with Crippen molar-refractivity contribution in [1.82, 2.24) is 15.3 Å². The van der Waals surface area contributed by atoms with Crippen LogP contribution in [0.2, 0.25) is 0 Å². The average Bonchev–Trinajstić information content (AvgIpc) is 2.56. The van der Waals surface area contributed by atoms with Crippen LogP contribution >= 0.6 is 11.8 Å². The van der Waals surface area contributed by atoms with Crippen LogP contribution in [0.5, 0.6) is 0 Å². The van der Waals surface area contributed by atoms with Crippen LogP contribution in [0.3, 0.4) is 0 Å². The predicted octanol–water partition coefficient (Wildman–Crippen LogP) is 2.56. The molecule has 7 heteroatoms. The van der Waals surface area contributed by atoms with Crippen molar-refractivity contribution >= 4 is 23.4 Å². The Bertz CT molecular complexity index is 710. The van der Waals surface area contributed by atoms with E-state index in [4.69, 9.17) is 4.74 Å². The van der Waals surface area contributed by atoms with Crippen LogP contribution in [0.15, 0.2) is 40.4 Å². The van der Waals surface area contributed by atoms with Crippen LogP contribution in [-0.4, -0.2) is 41.7 Å². The van der Waals surface area contributed by atoms with E-state index >= 15 is 0 Å². The van der Waals surface area contributed by atoms with Crippen LogP contribution in [0.1, 0.15) is 17.8 Å². The van der Waals surface area contributed by atoms with Crippen molar-refractivity contribution in [3.8, 4) is 0 Å². The summed E-state index contributed by atoms with van der Waals surface area (Å²) in [4.78, 5) is 22.0. The zero-order valence-corrected chi connectivity index (χ0v) is 15.2. The lowest BCUT2D eigenvalue weighted by Crippen LogP contribution is -2.43. The third kappa shape index (κ3) is 5.52. The topological polar surface area (TPSA) is 76.1 Å². The number of nitrogens with zero attached hydrogens (tertiary/aromatic N) is 2. The molecule has 0 saturated carbocycles. The van der Waals surface area contributed by atoms with E-state index in [1.807, 2.05) is 44.2 Å². The van der Waals surface area contributed by atoms with E-state index in [1.54, 1.807) is 0 Å². The quantitative estimate of drug-likeness (QED) is 0.800. The number of ether oxygens (including phenoxy) is 1. The van der Waals surface area contributed by atoms with E-state index in [-0.39, 0.29) is 11.9 Å². The van der Waals surface area contributed by atoms with Gasteiger partial charge in [-0.05, 0) is 55.9 Å². The Morgan fingerprint density at radius 2 is 2.00 bits per heavy atom. The Kier molecular flexibility index (Phi) is 6.01. The second kappa shape index (κ2) is 8.42. The van der Waals surface area contributed by atoms with Crippen molar-refractivity contribution in [2.24, 2.45) is 0 Å². The Labute approximate surface area is 151 Å². The van der Waals surface area contributed by atoms with Crippen LogP contribution in [0.25, 0.3) is 0 Å². The molecule has 0 aliphatic carbocycles. The molecule has 1 aliphatic rings. The monoisotopic (exact) mass is 358 g/mol. The third-order valence-electron chi connectivity index (χ3n) is 3.74. The molecule has 1 aromatic carbocycles. The second-order valence-corrected chi connectivity index (χ2v) is 7.08. The van der Waals surface area contributed by atoms with Gasteiger partial charge in [-0.25, -0.2) is 9.97 Å². The summed E-state index contributed by atoms with van der Waals surface area (Å²) in [6.45, 7) is 6.01. The molecule has 132 valence electrons. The summed E-state index contributed by atoms with van der Waals surface area (Å²) in [6, 6.07) is 9.76. The van der Waals surface area contributed by atoms with Gasteiger partial charge in [0, 0.05) is 41.0 Å². The Balaban J connectivity index is 1.55. The molecule has 1 atom stereocenters. The summed E-state index contributed by atoms with van der Waals surface area (Å²) in [6.07, 6.45) is 0.410. The first-order valence-electron chi connectivity index (χ1n) is 8.30. The number of aromatic nitrogens is 2. The molecule has 6 nitrogen and oxygen atoms in total. The Morgan fingerprint density at radius 3 is 2.64 bits per heavy atom. The first kappa shape index (κ1) is 17.8. The minimum absolute atomic E-state index is 0.0129. The minimum Gasteiger partial charge on any atom is -0.378 e. The van der Waals surface area contributed by atoms with Crippen molar-refractivity contribution in [3.63, 3.8) is 0 Å². The smallest absolute Gasteiger partial charge is 0.226 e. The summed E-state index contributed by atoms with van der Waals surface area (Å²) in [7, 11) is 0. The highest BCUT2D eigenvalue weighted by Crippen LogP contribution is 2.26. The summed E-state index contributed by atoms with van der Waals surface area (Å²) in [5, 5.41) is 6.94. The van der Waals surface area contributed by atoms with Crippen LogP contribution in [0, 0.1) is 13.8 Å². The van der Waals surface area contributed by atoms with Crippen LogP contribution in [0.4, 0.5) is 5.69 Å². The van der Waals surface area contributed by atoms with Crippen LogP contribution < -0.4 is 10.6 Å². The molecule has 3 rings (SSSR count). The van der Waals surface area contributed by atoms with Gasteiger partial charge in [-0.15, -0.1) is 0 Å². The standard InChI is InChI=1S/C18H22N4O2S/c1-12-9-13(2)21-18(20-12)25-16-5-3-14(4-6-16)22-17(23)10-15-11-24-8-7-19-15/h3-6,9,15,19H,7-8,10-11H2,1-2H3,(H,22,23). The number of anilines is 1. The van der Waals surface area contributed by atoms with Gasteiger partial charge in [-0.2, -0.15) is 0 Å². The fourth-order valence-electron chi connectivity index (χ4n) is 2.64. The van der Waals surface area contributed by atoms with Crippen molar-refractivity contribution in [2.45, 2.75) is 36.4 Å². The molecule has 1 aliphatic heterocycles. The van der Waals surface area contributed by atoms with Crippen LogP contribution in [-0.2, 0) is 9.53 Å². The number of aryl methyl sites for hydroxylation is 2. The minimum atomic E-state index is -0.0129. The molecular formula is C18H22N4O2S. The van der Waals surface area contributed by atoms with Gasteiger partial charge in [0.2, 0.25) is 5.91 Å². The third-order valence-corrected chi connectivity index (χ3v) is 4.61. The lowest BCUT2D eigenvalue weighted by Gasteiger charge is -2.23. The van der Waals surface area contributed by atoms with Gasteiger partial charge in [0.15, 0.2) is 5.16 Å². The fourth-order valence-corrected chi connectivity index (χ4v) is 3.50. The summed E-state index contributed by atoms with van der Waals surface area (Å²) in [5.74, 6) is -0.0129. The largest absolute Gasteiger partial charge is 0.378 e. The van der Waals surface area contributed by atoms with Gasteiger partial charge in [0.25, 0.3) is 0 Å². The maximum Gasteiger partial charge on any atom is 0.226 e. The van der Waals surface area contributed by atoms with Gasteiger partial charge >= 0.3 is 0 Å². The molecule has 0 bridgehead atoms. The van der Waals surface area contributed by atoms with Crippen molar-refractivity contribution in [3.05, 3.63) is 41.7 Å². The number of hydrogen-bond donors (Lipinski definition) is 2. The summed E-state index contributed by atoms with van der Waals surface area (Å²) >= 11 is 1.51. The molecule has 2 aromatic rings. The highest BCUT2D eigenvalue weighted by atomic mass is 32.2. The normalized spacial score (nSPS) is 17.3. The molecule has 1 amide bonds. The molecule has 1 saturated heterocycles. The van der Waals surface area contributed by atoms with Crippen molar-refractivity contribution in [1.29, 1.82) is 0 Å². The lowest BCUT2D eigenvalue weighted by atomic mass is 10.2. The van der Waals surface area contributed by atoms with E-state index in [9.17, 15) is 4.79 Å². The lowest BCUT2D eigenvalue weighted by molar-refractivity contribution is -0.117. The SMILES string of the molecule is Cc1cc(C)nc(Sc2ccc(NC(=O)CC3COCCN3)cc2)n1. The maximum atomic E-state index is 12.1. The predicted molar refractivity (Wildman–Crippen MR) is 97.9 cm³/mol. The molecule has 2 heterocycles. The number of amides is 1. The van der Waals surface area contributed by atoms with Gasteiger partial charge in [-0.1, -0.05) is 0 Å². The Morgan fingerprint density at radius 1 is 1.28 bits per heavy atom. The Hall–Kier alpha value is -1.96. The number of nitrogens with one attached hydrogen (secondary N) is 2. The number of morpholine rings is 1. The molecule has 0 radical (unpaired) electrons. The van der Waals surface area contributed by atoms with Gasteiger partial charge < -0.3 is 15.4 Å². The van der Waals surface area contributed by atoms with E-state index < -0.39 is 0 Å². The maximum absolute atomic E-state index is 12.1. The molecule has 25 heavy (non-hydrogen) atoms. The van der Waals surface area contributed by atoms with E-state index in [0.29, 0.717) is 19.6 Å². The zero-order valence-electron chi connectivity index (χ0n) is 14.4. The summed E-state index contributed by atoms with van der Waals surface area (Å²) in [5.41, 5.74) is 2.70. The highest BCUT2D eigenvalue weighted by Gasteiger charge is 2.16.